The number of piperidine rings is 1. The molecule has 3 aromatic rings. The lowest BCUT2D eigenvalue weighted by Gasteiger charge is -2.33. The zero-order chi connectivity index (χ0) is 40.4. The zero-order valence-corrected chi connectivity index (χ0v) is 33.0. The second-order valence-electron chi connectivity index (χ2n) is 16.0. The molecule has 1 unspecified atom stereocenters. The smallest absolute Gasteiger partial charge is 0.425 e. The maximum Gasteiger partial charge on any atom is 0.425 e. The van der Waals surface area contributed by atoms with E-state index < -0.39 is 46.8 Å². The van der Waals surface area contributed by atoms with Gasteiger partial charge in [-0.15, -0.1) is 0 Å². The molecule has 0 spiro atoms. The summed E-state index contributed by atoms with van der Waals surface area (Å²) in [6, 6.07) is 8.25. The number of likely N-dealkylation sites (tertiary alicyclic amines) is 1. The van der Waals surface area contributed by atoms with Crippen molar-refractivity contribution in [1.82, 2.24) is 14.9 Å². The number of pyridine rings is 2. The fourth-order valence-electron chi connectivity index (χ4n) is 5.60. The molecule has 54 heavy (non-hydrogen) atoms. The SMILES string of the molecule is CC(Oc1cc(-c2ccc(C3CCN(C(=O)OC(C)(C)C)CC3)nc2)cnc1N(C(=O)OC(C)(C)C)C(=O)OC(C)(C)C)c1cc(Cl)ccc1C(F)(F)F. The van der Waals surface area contributed by atoms with E-state index in [-0.39, 0.29) is 34.2 Å². The van der Waals surface area contributed by atoms with E-state index in [4.69, 9.17) is 30.5 Å². The number of hydrogen-bond donors (Lipinski definition) is 0. The number of nitrogens with zero attached hydrogens (tertiary/aromatic N) is 4. The number of amides is 3. The minimum Gasteiger partial charge on any atom is -0.482 e. The van der Waals surface area contributed by atoms with E-state index in [2.05, 4.69) is 9.97 Å². The number of hydrogen-bond acceptors (Lipinski definition) is 9. The molecule has 294 valence electrons. The predicted molar refractivity (Wildman–Crippen MR) is 198 cm³/mol. The Balaban J connectivity index is 1.73. The van der Waals surface area contributed by atoms with Gasteiger partial charge in [-0.25, -0.2) is 19.4 Å². The Hall–Kier alpha value is -4.59. The van der Waals surface area contributed by atoms with Gasteiger partial charge in [-0.05, 0) is 112 Å². The summed E-state index contributed by atoms with van der Waals surface area (Å²) < 4.78 is 65.0. The third-order valence-corrected chi connectivity index (χ3v) is 8.18. The number of rotatable bonds is 6. The lowest BCUT2D eigenvalue weighted by atomic mass is 9.93. The van der Waals surface area contributed by atoms with Gasteiger partial charge in [0, 0.05) is 58.8 Å². The molecule has 3 heterocycles. The predicted octanol–water partition coefficient (Wildman–Crippen LogP) is 10.7. The summed E-state index contributed by atoms with van der Waals surface area (Å²) in [6.45, 7) is 17.5. The number of aromatic nitrogens is 2. The standard InChI is InChI=1S/C39H48ClF3N4O7/c1-23(28-20-27(40)12-13-29(28)39(41,42)43)51-31-19-26(22-45-32(31)47(34(49)53-37(5,6)7)35(50)54-38(8,9)10)25-11-14-30(44-21-25)24-15-17-46(18-16-24)33(48)52-36(2,3)4/h11-14,19-24H,15-18H2,1-10H3. The molecular formula is C39H48ClF3N4O7. The summed E-state index contributed by atoms with van der Waals surface area (Å²) in [7, 11) is 0. The van der Waals surface area contributed by atoms with E-state index in [1.807, 2.05) is 32.9 Å². The van der Waals surface area contributed by atoms with Crippen LogP contribution in [0.3, 0.4) is 0 Å². The van der Waals surface area contributed by atoms with Gasteiger partial charge in [-0.1, -0.05) is 17.7 Å². The molecular weight excluding hydrogens is 729 g/mol. The van der Waals surface area contributed by atoms with Gasteiger partial charge >= 0.3 is 24.5 Å². The number of imide groups is 1. The summed E-state index contributed by atoms with van der Waals surface area (Å²) >= 11 is 6.12. The van der Waals surface area contributed by atoms with Crippen molar-refractivity contribution in [2.24, 2.45) is 0 Å². The van der Waals surface area contributed by atoms with Gasteiger partial charge in [0.1, 0.15) is 22.9 Å². The third kappa shape index (κ3) is 11.5. The van der Waals surface area contributed by atoms with Crippen LogP contribution in [0.4, 0.5) is 33.4 Å². The average molecular weight is 777 g/mol. The maximum absolute atomic E-state index is 14.1. The second kappa shape index (κ2) is 16.0. The molecule has 3 amide bonds. The van der Waals surface area contributed by atoms with E-state index in [0.29, 0.717) is 42.0 Å². The average Bonchev–Trinajstić information content (AvgIpc) is 3.02. The molecule has 0 bridgehead atoms. The van der Waals surface area contributed by atoms with E-state index in [1.165, 1.54) is 19.2 Å². The Morgan fingerprint density at radius 2 is 1.35 bits per heavy atom. The molecule has 0 N–H and O–H groups in total. The quantitative estimate of drug-likeness (QED) is 0.225. The monoisotopic (exact) mass is 776 g/mol. The van der Waals surface area contributed by atoms with Crippen LogP contribution in [0, 0.1) is 0 Å². The third-order valence-electron chi connectivity index (χ3n) is 7.94. The van der Waals surface area contributed by atoms with Crippen LogP contribution >= 0.6 is 11.6 Å². The van der Waals surface area contributed by atoms with Gasteiger partial charge in [-0.3, -0.25) is 4.98 Å². The molecule has 15 heteroatoms. The molecule has 0 radical (unpaired) electrons. The lowest BCUT2D eigenvalue weighted by molar-refractivity contribution is -0.139. The highest BCUT2D eigenvalue weighted by atomic mass is 35.5. The highest BCUT2D eigenvalue weighted by Crippen LogP contribution is 2.40. The van der Waals surface area contributed by atoms with Crippen molar-refractivity contribution in [2.45, 2.75) is 117 Å². The van der Waals surface area contributed by atoms with E-state index >= 15 is 0 Å². The Bertz CT molecular complexity index is 1800. The van der Waals surface area contributed by atoms with Crippen LogP contribution in [-0.4, -0.2) is 63.0 Å². The van der Waals surface area contributed by atoms with Crippen molar-refractivity contribution in [3.63, 3.8) is 0 Å². The number of carbonyl (C=O) groups excluding carboxylic acids is 3. The van der Waals surface area contributed by atoms with Crippen LogP contribution in [0.25, 0.3) is 11.1 Å². The number of ether oxygens (including phenoxy) is 4. The van der Waals surface area contributed by atoms with Gasteiger partial charge in [0.25, 0.3) is 0 Å². The Morgan fingerprint density at radius 1 is 0.796 bits per heavy atom. The van der Waals surface area contributed by atoms with E-state index in [0.717, 1.165) is 23.9 Å². The molecule has 1 aliphatic heterocycles. The normalized spacial score (nSPS) is 15.0. The maximum atomic E-state index is 14.1. The number of anilines is 1. The molecule has 1 aromatic carbocycles. The molecule has 1 aliphatic rings. The van der Waals surface area contributed by atoms with E-state index in [1.54, 1.807) is 52.6 Å². The van der Waals surface area contributed by atoms with Crippen LogP contribution < -0.4 is 9.64 Å². The van der Waals surface area contributed by atoms with Crippen molar-refractivity contribution in [3.05, 3.63) is 70.6 Å². The van der Waals surface area contributed by atoms with Crippen LogP contribution in [0.5, 0.6) is 5.75 Å². The minimum absolute atomic E-state index is 0.0476. The van der Waals surface area contributed by atoms with Crippen molar-refractivity contribution in [2.75, 3.05) is 18.0 Å². The van der Waals surface area contributed by atoms with Crippen molar-refractivity contribution >= 4 is 35.7 Å². The molecule has 1 atom stereocenters. The Labute approximate surface area is 319 Å². The Kier molecular flexibility index (Phi) is 12.5. The summed E-state index contributed by atoms with van der Waals surface area (Å²) in [5, 5.41) is 0.0476. The van der Waals surface area contributed by atoms with Gasteiger partial charge in [0.15, 0.2) is 11.6 Å². The number of halogens is 4. The number of benzene rings is 1. The highest BCUT2D eigenvalue weighted by molar-refractivity contribution is 6.30. The van der Waals surface area contributed by atoms with Crippen LogP contribution in [0.15, 0.2) is 48.8 Å². The summed E-state index contributed by atoms with van der Waals surface area (Å²) in [5.41, 5.74) is -2.13. The van der Waals surface area contributed by atoms with Gasteiger partial charge in [0.05, 0.1) is 5.56 Å². The molecule has 0 aliphatic carbocycles. The lowest BCUT2D eigenvalue weighted by Crippen LogP contribution is -2.44. The van der Waals surface area contributed by atoms with Crippen LogP contribution in [0.1, 0.15) is 111 Å². The van der Waals surface area contributed by atoms with Crippen molar-refractivity contribution in [1.29, 1.82) is 0 Å². The second-order valence-corrected chi connectivity index (χ2v) is 16.5. The zero-order valence-electron chi connectivity index (χ0n) is 32.3. The fraction of sp³-hybridized carbons (Fsp3) is 0.513. The van der Waals surface area contributed by atoms with Gasteiger partial charge in [0.2, 0.25) is 0 Å². The molecule has 2 aromatic heterocycles. The van der Waals surface area contributed by atoms with Crippen molar-refractivity contribution < 1.29 is 46.5 Å². The topological polar surface area (TPSA) is 120 Å². The van der Waals surface area contributed by atoms with Crippen molar-refractivity contribution in [3.8, 4) is 16.9 Å². The Morgan fingerprint density at radius 3 is 1.85 bits per heavy atom. The first-order chi connectivity index (χ1) is 24.8. The molecule has 0 saturated carbocycles. The number of carbonyl (C=O) groups is 3. The summed E-state index contributed by atoms with van der Waals surface area (Å²) in [4.78, 5) is 51.1. The van der Waals surface area contributed by atoms with Crippen LogP contribution in [0.2, 0.25) is 5.02 Å². The summed E-state index contributed by atoms with van der Waals surface area (Å²) in [5.74, 6) is -0.496. The van der Waals surface area contributed by atoms with Gasteiger partial charge < -0.3 is 23.8 Å². The highest BCUT2D eigenvalue weighted by Gasteiger charge is 2.38. The molecule has 1 fully saturated rings. The summed E-state index contributed by atoms with van der Waals surface area (Å²) in [6.07, 6.45) is -4.30. The first-order valence-corrected chi connectivity index (χ1v) is 17.9. The van der Waals surface area contributed by atoms with Crippen LogP contribution in [-0.2, 0) is 20.4 Å². The minimum atomic E-state index is -4.74. The number of alkyl halides is 3. The molecule has 11 nitrogen and oxygen atoms in total. The first kappa shape index (κ1) is 42.2. The first-order valence-electron chi connectivity index (χ1n) is 17.5. The van der Waals surface area contributed by atoms with E-state index in [9.17, 15) is 27.6 Å². The molecule has 4 rings (SSSR count). The fourth-order valence-corrected chi connectivity index (χ4v) is 5.78. The van der Waals surface area contributed by atoms with Gasteiger partial charge in [-0.2, -0.15) is 18.1 Å². The molecule has 1 saturated heterocycles. The largest absolute Gasteiger partial charge is 0.482 e.